The highest BCUT2D eigenvalue weighted by Crippen LogP contribution is 2.23. The number of benzene rings is 3. The maximum Gasteiger partial charge on any atom is 0.265 e. The van der Waals surface area contributed by atoms with E-state index in [4.69, 9.17) is 23.2 Å². The molecule has 0 bridgehead atoms. The SMILES string of the molecule is CC(C(=O)Nc1cc(Cl)cc(Cl)c1)C(=O)Nc1ccc2ncn(-c3ccccc3)c(=O)c2c1. The lowest BCUT2D eigenvalue weighted by molar-refractivity contribution is -0.128. The molecule has 1 heterocycles. The number of fused-ring (bicyclic) bond motifs is 1. The van der Waals surface area contributed by atoms with Gasteiger partial charge in [-0.2, -0.15) is 0 Å². The molecule has 1 unspecified atom stereocenters. The van der Waals surface area contributed by atoms with Crippen molar-refractivity contribution in [2.75, 3.05) is 10.6 Å². The first kappa shape index (κ1) is 22.5. The lowest BCUT2D eigenvalue weighted by Crippen LogP contribution is -2.31. The van der Waals surface area contributed by atoms with Crippen LogP contribution in [0.25, 0.3) is 16.6 Å². The number of amides is 2. The second-order valence-electron chi connectivity index (χ2n) is 7.35. The first-order valence-electron chi connectivity index (χ1n) is 9.96. The Morgan fingerprint density at radius 1 is 0.879 bits per heavy atom. The Balaban J connectivity index is 1.54. The van der Waals surface area contributed by atoms with Gasteiger partial charge in [0.05, 0.1) is 16.6 Å². The monoisotopic (exact) mass is 480 g/mol. The van der Waals surface area contributed by atoms with E-state index in [1.807, 2.05) is 18.2 Å². The van der Waals surface area contributed by atoms with Crippen molar-refractivity contribution in [1.29, 1.82) is 0 Å². The van der Waals surface area contributed by atoms with Crippen LogP contribution in [-0.2, 0) is 9.59 Å². The van der Waals surface area contributed by atoms with Crippen LogP contribution >= 0.6 is 23.2 Å². The molecule has 4 rings (SSSR count). The third kappa shape index (κ3) is 5.05. The van der Waals surface area contributed by atoms with Crippen molar-refractivity contribution in [3.63, 3.8) is 0 Å². The average molecular weight is 481 g/mol. The molecule has 0 saturated carbocycles. The minimum atomic E-state index is -1.02. The van der Waals surface area contributed by atoms with Gasteiger partial charge in [-0.3, -0.25) is 19.0 Å². The van der Waals surface area contributed by atoms with E-state index in [1.54, 1.807) is 30.3 Å². The molecule has 0 aliphatic carbocycles. The fraction of sp³-hybridized carbons (Fsp3) is 0.0833. The zero-order chi connectivity index (χ0) is 23.5. The van der Waals surface area contributed by atoms with Crippen molar-refractivity contribution >= 4 is 57.3 Å². The van der Waals surface area contributed by atoms with E-state index in [1.165, 1.54) is 36.0 Å². The first-order valence-corrected chi connectivity index (χ1v) is 10.7. The van der Waals surface area contributed by atoms with Crippen LogP contribution in [0.4, 0.5) is 11.4 Å². The predicted octanol–water partition coefficient (Wildman–Crippen LogP) is 4.91. The Hall–Kier alpha value is -3.68. The van der Waals surface area contributed by atoms with E-state index in [2.05, 4.69) is 15.6 Å². The number of hydrogen-bond donors (Lipinski definition) is 2. The molecule has 33 heavy (non-hydrogen) atoms. The summed E-state index contributed by atoms with van der Waals surface area (Å²) in [5.74, 6) is -2.08. The molecule has 0 aliphatic rings. The van der Waals surface area contributed by atoms with E-state index >= 15 is 0 Å². The van der Waals surface area contributed by atoms with Gasteiger partial charge in [0.15, 0.2) is 0 Å². The van der Waals surface area contributed by atoms with Gasteiger partial charge < -0.3 is 10.6 Å². The van der Waals surface area contributed by atoms with Gasteiger partial charge in [0.2, 0.25) is 11.8 Å². The smallest absolute Gasteiger partial charge is 0.265 e. The van der Waals surface area contributed by atoms with Crippen molar-refractivity contribution in [2.24, 2.45) is 5.92 Å². The van der Waals surface area contributed by atoms with Crippen molar-refractivity contribution in [3.05, 3.63) is 93.5 Å². The minimum Gasteiger partial charge on any atom is -0.325 e. The molecule has 1 atom stereocenters. The van der Waals surface area contributed by atoms with Crippen LogP contribution in [0.1, 0.15) is 6.92 Å². The molecule has 0 radical (unpaired) electrons. The van der Waals surface area contributed by atoms with E-state index in [0.29, 0.717) is 38.0 Å². The van der Waals surface area contributed by atoms with Gasteiger partial charge >= 0.3 is 0 Å². The molecular weight excluding hydrogens is 463 g/mol. The number of halogens is 2. The van der Waals surface area contributed by atoms with Gasteiger partial charge in [0.25, 0.3) is 5.56 Å². The van der Waals surface area contributed by atoms with Crippen LogP contribution in [-0.4, -0.2) is 21.4 Å². The number of anilines is 2. The lowest BCUT2D eigenvalue weighted by Gasteiger charge is -2.14. The van der Waals surface area contributed by atoms with Gasteiger partial charge in [0.1, 0.15) is 12.2 Å². The number of aromatic nitrogens is 2. The first-order chi connectivity index (χ1) is 15.8. The van der Waals surface area contributed by atoms with Crippen molar-refractivity contribution < 1.29 is 9.59 Å². The summed E-state index contributed by atoms with van der Waals surface area (Å²) in [6, 6.07) is 18.5. The molecular formula is C24H18Cl2N4O3. The summed E-state index contributed by atoms with van der Waals surface area (Å²) in [7, 11) is 0. The van der Waals surface area contributed by atoms with Crippen LogP contribution in [0.2, 0.25) is 10.0 Å². The van der Waals surface area contributed by atoms with Gasteiger partial charge in [-0.05, 0) is 55.5 Å². The number of carbonyl (C=O) groups is 2. The summed E-state index contributed by atoms with van der Waals surface area (Å²) in [6.45, 7) is 1.47. The van der Waals surface area contributed by atoms with Crippen LogP contribution in [0.3, 0.4) is 0 Å². The number of rotatable bonds is 5. The summed E-state index contributed by atoms with van der Waals surface area (Å²) in [4.78, 5) is 42.5. The minimum absolute atomic E-state index is 0.272. The fourth-order valence-corrected chi connectivity index (χ4v) is 3.74. The van der Waals surface area contributed by atoms with Crippen LogP contribution in [0.15, 0.2) is 77.9 Å². The molecule has 166 valence electrons. The highest BCUT2D eigenvalue weighted by molar-refractivity contribution is 6.35. The van der Waals surface area contributed by atoms with Crippen LogP contribution in [0.5, 0.6) is 0 Å². The molecule has 7 nitrogen and oxygen atoms in total. The van der Waals surface area contributed by atoms with Crippen LogP contribution in [0, 0.1) is 5.92 Å². The molecule has 0 spiro atoms. The van der Waals surface area contributed by atoms with Gasteiger partial charge in [-0.15, -0.1) is 0 Å². The van der Waals surface area contributed by atoms with Gasteiger partial charge in [0, 0.05) is 21.4 Å². The quantitative estimate of drug-likeness (QED) is 0.397. The fourth-order valence-electron chi connectivity index (χ4n) is 3.22. The lowest BCUT2D eigenvalue weighted by atomic mass is 10.1. The molecule has 0 saturated heterocycles. The Labute approximate surface area is 199 Å². The standard InChI is InChI=1S/C24H18Cl2N4O3/c1-14(23(32)29-18-10-15(25)9-16(26)11-18)22(31)28-17-7-8-21-20(12-17)24(33)30(13-27-21)19-5-3-2-4-6-19/h2-14H,1H3,(H,28,31)(H,29,32). The molecule has 0 aliphatic heterocycles. The largest absolute Gasteiger partial charge is 0.325 e. The summed E-state index contributed by atoms with van der Waals surface area (Å²) < 4.78 is 1.43. The van der Waals surface area contributed by atoms with E-state index in [-0.39, 0.29) is 5.56 Å². The topological polar surface area (TPSA) is 93.1 Å². The maximum atomic E-state index is 13.0. The molecule has 9 heteroatoms. The zero-order valence-corrected chi connectivity index (χ0v) is 18.9. The average Bonchev–Trinajstić information content (AvgIpc) is 2.79. The summed E-state index contributed by atoms with van der Waals surface area (Å²) in [5.41, 5.74) is 1.66. The summed E-state index contributed by atoms with van der Waals surface area (Å²) in [6.07, 6.45) is 1.47. The summed E-state index contributed by atoms with van der Waals surface area (Å²) in [5, 5.41) is 6.37. The van der Waals surface area contributed by atoms with Crippen molar-refractivity contribution in [3.8, 4) is 5.69 Å². The number of nitrogens with one attached hydrogen (secondary N) is 2. The molecule has 1 aromatic heterocycles. The van der Waals surface area contributed by atoms with E-state index in [0.717, 1.165) is 0 Å². The Kier molecular flexibility index (Phi) is 6.44. The molecule has 3 aromatic carbocycles. The highest BCUT2D eigenvalue weighted by atomic mass is 35.5. The zero-order valence-electron chi connectivity index (χ0n) is 17.4. The Morgan fingerprint density at radius 3 is 2.18 bits per heavy atom. The highest BCUT2D eigenvalue weighted by Gasteiger charge is 2.22. The third-order valence-electron chi connectivity index (χ3n) is 4.98. The normalized spacial score (nSPS) is 11.7. The number of nitrogens with zero attached hydrogens (tertiary/aromatic N) is 2. The van der Waals surface area contributed by atoms with Gasteiger partial charge in [-0.25, -0.2) is 4.98 Å². The number of hydrogen-bond acceptors (Lipinski definition) is 4. The molecule has 4 aromatic rings. The second-order valence-corrected chi connectivity index (χ2v) is 8.22. The predicted molar refractivity (Wildman–Crippen MR) is 130 cm³/mol. The maximum absolute atomic E-state index is 13.0. The molecule has 2 amide bonds. The Bertz CT molecular complexity index is 1400. The third-order valence-corrected chi connectivity index (χ3v) is 5.41. The Morgan fingerprint density at radius 2 is 1.52 bits per heavy atom. The van der Waals surface area contributed by atoms with Crippen molar-refractivity contribution in [1.82, 2.24) is 9.55 Å². The van der Waals surface area contributed by atoms with E-state index < -0.39 is 17.7 Å². The van der Waals surface area contributed by atoms with Crippen molar-refractivity contribution in [2.45, 2.75) is 6.92 Å². The second kappa shape index (κ2) is 9.44. The number of para-hydroxylation sites is 1. The van der Waals surface area contributed by atoms with E-state index in [9.17, 15) is 14.4 Å². The summed E-state index contributed by atoms with van der Waals surface area (Å²) >= 11 is 11.9. The number of carbonyl (C=O) groups excluding carboxylic acids is 2. The molecule has 0 fully saturated rings. The van der Waals surface area contributed by atoms with Crippen LogP contribution < -0.4 is 16.2 Å². The van der Waals surface area contributed by atoms with Gasteiger partial charge in [-0.1, -0.05) is 41.4 Å². The molecule has 2 N–H and O–H groups in total.